The first-order valence-corrected chi connectivity index (χ1v) is 7.52. The Balaban J connectivity index is 1.96. The Kier molecular flexibility index (Phi) is 5.57. The van der Waals surface area contributed by atoms with Gasteiger partial charge in [0.25, 0.3) is 5.91 Å². The fourth-order valence-electron chi connectivity index (χ4n) is 2.02. The second-order valence-corrected chi connectivity index (χ2v) is 5.73. The number of nitrogens with zero attached hydrogens (tertiary/aromatic N) is 1. The van der Waals surface area contributed by atoms with Crippen LogP contribution < -0.4 is 16.4 Å². The van der Waals surface area contributed by atoms with Gasteiger partial charge >= 0.3 is 0 Å². The Labute approximate surface area is 142 Å². The van der Waals surface area contributed by atoms with Crippen molar-refractivity contribution in [2.75, 3.05) is 0 Å². The third-order valence-electron chi connectivity index (χ3n) is 3.15. The summed E-state index contributed by atoms with van der Waals surface area (Å²) in [4.78, 5) is 38.4. The number of nitrogens with one attached hydrogen (secondary N) is 2. The molecule has 7 nitrogen and oxygen atoms in total. The van der Waals surface area contributed by atoms with Crippen LogP contribution >= 0.6 is 23.2 Å². The van der Waals surface area contributed by atoms with E-state index in [1.54, 1.807) is 18.2 Å². The van der Waals surface area contributed by atoms with Gasteiger partial charge in [-0.15, -0.1) is 0 Å². The van der Waals surface area contributed by atoms with E-state index < -0.39 is 23.8 Å². The van der Waals surface area contributed by atoms with Gasteiger partial charge in [0.2, 0.25) is 17.8 Å². The van der Waals surface area contributed by atoms with Crippen molar-refractivity contribution in [2.24, 2.45) is 10.7 Å². The standard InChI is InChI=1S/C14H14Cl2N4O3/c15-8-2-1-3-9(16)7(8)6-12(22)19-14-18-10(13(23)20-14)4-5-11(17)21/h1-3,10H,4-6H2,(H2,17,21)(H2,18,19,20,22,23)/t10-/m0/s1. The van der Waals surface area contributed by atoms with Gasteiger partial charge in [0, 0.05) is 16.5 Å². The number of nitrogens with two attached hydrogens (primary N) is 1. The maximum Gasteiger partial charge on any atom is 0.251 e. The molecule has 0 aromatic heterocycles. The smallest absolute Gasteiger partial charge is 0.251 e. The number of halogens is 2. The molecule has 1 aromatic rings. The van der Waals surface area contributed by atoms with E-state index in [2.05, 4.69) is 15.6 Å². The maximum atomic E-state index is 12.0. The number of carbonyl (C=O) groups excluding carboxylic acids is 3. The summed E-state index contributed by atoms with van der Waals surface area (Å²) in [5.41, 5.74) is 5.52. The molecule has 1 aromatic carbocycles. The summed E-state index contributed by atoms with van der Waals surface area (Å²) in [5, 5.41) is 5.67. The fourth-order valence-corrected chi connectivity index (χ4v) is 2.55. The summed E-state index contributed by atoms with van der Waals surface area (Å²) in [6.07, 6.45) is 0.175. The Hall–Kier alpha value is -2.12. The van der Waals surface area contributed by atoms with E-state index in [9.17, 15) is 14.4 Å². The highest BCUT2D eigenvalue weighted by atomic mass is 35.5. The predicted octanol–water partition coefficient (Wildman–Crippen LogP) is 0.772. The normalized spacial score (nSPS) is 16.7. The molecule has 0 radical (unpaired) electrons. The molecule has 0 saturated carbocycles. The highest BCUT2D eigenvalue weighted by Gasteiger charge is 2.27. The lowest BCUT2D eigenvalue weighted by Crippen LogP contribution is -2.41. The number of rotatable bonds is 5. The molecule has 122 valence electrons. The lowest BCUT2D eigenvalue weighted by Gasteiger charge is -2.07. The van der Waals surface area contributed by atoms with Gasteiger partial charge in [-0.25, -0.2) is 4.99 Å². The summed E-state index contributed by atoms with van der Waals surface area (Å²) < 4.78 is 0. The van der Waals surface area contributed by atoms with Crippen LogP contribution in [0.4, 0.5) is 0 Å². The molecule has 0 bridgehead atoms. The number of hydrogen-bond donors (Lipinski definition) is 3. The van der Waals surface area contributed by atoms with Gasteiger partial charge in [0.1, 0.15) is 6.04 Å². The average Bonchev–Trinajstić information content (AvgIpc) is 2.80. The quantitative estimate of drug-likeness (QED) is 0.723. The minimum Gasteiger partial charge on any atom is -0.370 e. The Morgan fingerprint density at radius 2 is 1.96 bits per heavy atom. The van der Waals surface area contributed by atoms with Crippen LogP contribution in [0, 0.1) is 0 Å². The SMILES string of the molecule is NC(=O)CC[C@@H]1N=C(NC(=O)Cc2c(Cl)cccc2Cl)NC1=O. The van der Waals surface area contributed by atoms with Gasteiger partial charge < -0.3 is 5.73 Å². The van der Waals surface area contributed by atoms with Crippen molar-refractivity contribution >= 4 is 46.9 Å². The van der Waals surface area contributed by atoms with Crippen molar-refractivity contribution in [2.45, 2.75) is 25.3 Å². The second kappa shape index (κ2) is 7.43. The van der Waals surface area contributed by atoms with Crippen molar-refractivity contribution in [3.63, 3.8) is 0 Å². The molecule has 0 saturated heterocycles. The van der Waals surface area contributed by atoms with Crippen molar-refractivity contribution in [3.05, 3.63) is 33.8 Å². The number of primary amides is 1. The number of guanidine groups is 1. The van der Waals surface area contributed by atoms with Gasteiger partial charge in [-0.05, 0) is 24.1 Å². The number of hydrogen-bond acceptors (Lipinski definition) is 4. The second-order valence-electron chi connectivity index (χ2n) is 4.91. The largest absolute Gasteiger partial charge is 0.370 e. The van der Waals surface area contributed by atoms with E-state index in [4.69, 9.17) is 28.9 Å². The monoisotopic (exact) mass is 356 g/mol. The molecule has 1 heterocycles. The van der Waals surface area contributed by atoms with Gasteiger partial charge in [0.05, 0.1) is 6.42 Å². The van der Waals surface area contributed by atoms with E-state index in [1.807, 2.05) is 0 Å². The van der Waals surface area contributed by atoms with Crippen molar-refractivity contribution in [1.29, 1.82) is 0 Å². The van der Waals surface area contributed by atoms with Gasteiger partial charge in [0.15, 0.2) is 0 Å². The number of aliphatic imine (C=N–C) groups is 1. The zero-order valence-electron chi connectivity index (χ0n) is 11.9. The topological polar surface area (TPSA) is 114 Å². The highest BCUT2D eigenvalue weighted by Crippen LogP contribution is 2.24. The third-order valence-corrected chi connectivity index (χ3v) is 3.86. The Morgan fingerprint density at radius 3 is 2.57 bits per heavy atom. The van der Waals surface area contributed by atoms with E-state index in [-0.39, 0.29) is 25.2 Å². The van der Waals surface area contributed by atoms with E-state index in [0.29, 0.717) is 15.6 Å². The first-order chi connectivity index (χ1) is 10.9. The zero-order valence-corrected chi connectivity index (χ0v) is 13.4. The van der Waals surface area contributed by atoms with Gasteiger partial charge in [-0.2, -0.15) is 0 Å². The first-order valence-electron chi connectivity index (χ1n) is 6.76. The summed E-state index contributed by atoms with van der Waals surface area (Å²) in [5.74, 6) is -1.29. The molecule has 0 aliphatic carbocycles. The van der Waals surface area contributed by atoms with Gasteiger partial charge in [-0.3, -0.25) is 25.0 Å². The molecule has 0 fully saturated rings. The summed E-state index contributed by atoms with van der Waals surface area (Å²) in [7, 11) is 0. The maximum absolute atomic E-state index is 12.0. The van der Waals surface area contributed by atoms with E-state index >= 15 is 0 Å². The molecular weight excluding hydrogens is 343 g/mol. The molecule has 1 aliphatic heterocycles. The molecule has 0 spiro atoms. The minimum atomic E-state index is -0.735. The Morgan fingerprint density at radius 1 is 1.30 bits per heavy atom. The molecule has 1 aliphatic rings. The number of benzene rings is 1. The highest BCUT2D eigenvalue weighted by molar-refractivity contribution is 6.36. The Bertz CT molecular complexity index is 670. The van der Waals surface area contributed by atoms with Crippen LogP contribution in [-0.2, 0) is 20.8 Å². The molecule has 4 N–H and O–H groups in total. The van der Waals surface area contributed by atoms with E-state index in [1.165, 1.54) is 0 Å². The fraction of sp³-hybridized carbons (Fsp3) is 0.286. The molecule has 0 unspecified atom stereocenters. The third kappa shape index (κ3) is 4.67. The molecule has 3 amide bonds. The molecule has 23 heavy (non-hydrogen) atoms. The lowest BCUT2D eigenvalue weighted by molar-refractivity contribution is -0.120. The zero-order chi connectivity index (χ0) is 17.0. The number of carbonyl (C=O) groups is 3. The minimum absolute atomic E-state index is 0.0395. The van der Waals surface area contributed by atoms with Crippen molar-refractivity contribution in [3.8, 4) is 0 Å². The average molecular weight is 357 g/mol. The van der Waals surface area contributed by atoms with Crippen LogP contribution in [0.3, 0.4) is 0 Å². The van der Waals surface area contributed by atoms with Crippen LogP contribution in [0.15, 0.2) is 23.2 Å². The van der Waals surface area contributed by atoms with Crippen LogP contribution in [0.5, 0.6) is 0 Å². The summed E-state index contributed by atoms with van der Waals surface area (Å²) in [6, 6.07) is 4.20. The van der Waals surface area contributed by atoms with E-state index in [0.717, 1.165) is 0 Å². The molecule has 9 heteroatoms. The number of amides is 3. The van der Waals surface area contributed by atoms with Crippen molar-refractivity contribution in [1.82, 2.24) is 10.6 Å². The van der Waals surface area contributed by atoms with Crippen LogP contribution in [0.1, 0.15) is 18.4 Å². The molecule has 2 rings (SSSR count). The summed E-state index contributed by atoms with van der Waals surface area (Å²) >= 11 is 12.0. The van der Waals surface area contributed by atoms with Crippen LogP contribution in [-0.4, -0.2) is 29.7 Å². The predicted molar refractivity (Wildman–Crippen MR) is 86.1 cm³/mol. The van der Waals surface area contributed by atoms with Gasteiger partial charge in [-0.1, -0.05) is 29.3 Å². The molecular formula is C14H14Cl2N4O3. The first kappa shape index (κ1) is 17.2. The summed E-state index contributed by atoms with van der Waals surface area (Å²) in [6.45, 7) is 0. The molecule has 1 atom stereocenters. The van der Waals surface area contributed by atoms with Crippen LogP contribution in [0.2, 0.25) is 10.0 Å². The van der Waals surface area contributed by atoms with Crippen LogP contribution in [0.25, 0.3) is 0 Å². The lowest BCUT2D eigenvalue weighted by atomic mass is 10.1. The van der Waals surface area contributed by atoms with Crippen molar-refractivity contribution < 1.29 is 14.4 Å².